The van der Waals surface area contributed by atoms with Gasteiger partial charge in [0.2, 0.25) is 11.8 Å². The summed E-state index contributed by atoms with van der Waals surface area (Å²) in [6.45, 7) is 6.19. The van der Waals surface area contributed by atoms with Gasteiger partial charge < -0.3 is 10.2 Å². The van der Waals surface area contributed by atoms with E-state index in [-0.39, 0.29) is 17.7 Å². The molecule has 1 saturated heterocycles. The lowest BCUT2D eigenvalue weighted by Crippen LogP contribution is -2.63. The first kappa shape index (κ1) is 13.1. The fourth-order valence-electron chi connectivity index (χ4n) is 2.08. The molecule has 5 heteroatoms. The van der Waals surface area contributed by atoms with E-state index in [4.69, 9.17) is 0 Å². The first-order valence-electron chi connectivity index (χ1n) is 6.14. The minimum Gasteiger partial charge on any atom is -0.342 e. The number of thiophene rings is 1. The second kappa shape index (κ2) is 5.10. The van der Waals surface area contributed by atoms with Gasteiger partial charge in [0.15, 0.2) is 0 Å². The fraction of sp³-hybridized carbons (Fsp3) is 0.538. The van der Waals surface area contributed by atoms with E-state index < -0.39 is 12.1 Å². The van der Waals surface area contributed by atoms with Crippen molar-refractivity contribution in [3.05, 3.63) is 22.4 Å². The van der Waals surface area contributed by atoms with Crippen molar-refractivity contribution in [2.24, 2.45) is 5.92 Å². The summed E-state index contributed by atoms with van der Waals surface area (Å²) >= 11 is 1.61. The van der Waals surface area contributed by atoms with Gasteiger partial charge in [-0.3, -0.25) is 9.59 Å². The third-order valence-corrected chi connectivity index (χ3v) is 4.13. The van der Waals surface area contributed by atoms with Crippen molar-refractivity contribution in [1.29, 1.82) is 0 Å². The highest BCUT2D eigenvalue weighted by molar-refractivity contribution is 7.09. The largest absolute Gasteiger partial charge is 0.342 e. The molecular formula is C13H18N2O2S. The van der Waals surface area contributed by atoms with E-state index in [2.05, 4.69) is 5.32 Å². The van der Waals surface area contributed by atoms with E-state index in [0.29, 0.717) is 6.54 Å². The molecule has 0 aromatic carbocycles. The summed E-state index contributed by atoms with van der Waals surface area (Å²) in [4.78, 5) is 27.0. The molecule has 2 heterocycles. The Morgan fingerprint density at radius 3 is 2.72 bits per heavy atom. The van der Waals surface area contributed by atoms with Gasteiger partial charge in [-0.25, -0.2) is 0 Å². The average molecular weight is 266 g/mol. The summed E-state index contributed by atoms with van der Waals surface area (Å²) in [7, 11) is 0. The molecule has 2 unspecified atom stereocenters. The molecule has 0 spiro atoms. The van der Waals surface area contributed by atoms with Crippen LogP contribution in [-0.2, 0) is 16.1 Å². The van der Waals surface area contributed by atoms with Gasteiger partial charge in [-0.15, -0.1) is 11.3 Å². The van der Waals surface area contributed by atoms with Crippen molar-refractivity contribution in [2.75, 3.05) is 0 Å². The lowest BCUT2D eigenvalue weighted by molar-refractivity contribution is -0.150. The molecule has 2 amide bonds. The summed E-state index contributed by atoms with van der Waals surface area (Å²) in [6.07, 6.45) is 0. The van der Waals surface area contributed by atoms with Crippen LogP contribution in [0.5, 0.6) is 0 Å². The van der Waals surface area contributed by atoms with Gasteiger partial charge in [-0.2, -0.15) is 0 Å². The van der Waals surface area contributed by atoms with Gasteiger partial charge in [-0.1, -0.05) is 19.9 Å². The minimum atomic E-state index is -0.395. The molecule has 0 bridgehead atoms. The van der Waals surface area contributed by atoms with Crippen LogP contribution in [0.4, 0.5) is 0 Å². The molecule has 0 radical (unpaired) electrons. The third kappa shape index (κ3) is 2.41. The van der Waals surface area contributed by atoms with Crippen molar-refractivity contribution >= 4 is 23.2 Å². The summed E-state index contributed by atoms with van der Waals surface area (Å²) in [6, 6.07) is 3.16. The first-order chi connectivity index (χ1) is 8.50. The highest BCUT2D eigenvalue weighted by Gasteiger charge is 2.39. The second-order valence-electron chi connectivity index (χ2n) is 4.95. The fourth-order valence-corrected chi connectivity index (χ4v) is 2.79. The molecule has 1 aromatic rings. The maximum Gasteiger partial charge on any atom is 0.246 e. The van der Waals surface area contributed by atoms with Crippen LogP contribution in [0.1, 0.15) is 25.6 Å². The average Bonchev–Trinajstić information content (AvgIpc) is 2.81. The van der Waals surface area contributed by atoms with Crippen molar-refractivity contribution in [1.82, 2.24) is 10.2 Å². The zero-order valence-corrected chi connectivity index (χ0v) is 11.7. The Labute approximate surface area is 111 Å². The smallest absolute Gasteiger partial charge is 0.246 e. The summed E-state index contributed by atoms with van der Waals surface area (Å²) < 4.78 is 0. The quantitative estimate of drug-likeness (QED) is 0.904. The van der Waals surface area contributed by atoms with Crippen LogP contribution in [0.15, 0.2) is 17.5 Å². The van der Waals surface area contributed by atoms with E-state index in [9.17, 15) is 9.59 Å². The molecular weight excluding hydrogens is 248 g/mol. The number of piperazine rings is 1. The Hall–Kier alpha value is -1.36. The Balaban J connectivity index is 2.19. The summed E-state index contributed by atoms with van der Waals surface area (Å²) in [5.74, 6) is 0.0649. The molecule has 1 N–H and O–H groups in total. The number of carbonyl (C=O) groups excluding carboxylic acids is 2. The summed E-state index contributed by atoms with van der Waals surface area (Å²) in [5, 5.41) is 4.78. The number of rotatable bonds is 3. The zero-order chi connectivity index (χ0) is 13.3. The molecule has 2 rings (SSSR count). The Morgan fingerprint density at radius 1 is 1.44 bits per heavy atom. The van der Waals surface area contributed by atoms with Crippen molar-refractivity contribution in [3.63, 3.8) is 0 Å². The lowest BCUT2D eigenvalue weighted by Gasteiger charge is -2.38. The monoisotopic (exact) mass is 266 g/mol. The minimum absolute atomic E-state index is 0.0190. The van der Waals surface area contributed by atoms with E-state index in [1.54, 1.807) is 23.2 Å². The van der Waals surface area contributed by atoms with Crippen LogP contribution in [0, 0.1) is 5.92 Å². The lowest BCUT2D eigenvalue weighted by atomic mass is 9.98. The molecule has 1 aromatic heterocycles. The van der Waals surface area contributed by atoms with Crippen LogP contribution in [0.25, 0.3) is 0 Å². The molecule has 2 atom stereocenters. The van der Waals surface area contributed by atoms with Gasteiger partial charge in [0.25, 0.3) is 0 Å². The van der Waals surface area contributed by atoms with Crippen LogP contribution >= 0.6 is 11.3 Å². The van der Waals surface area contributed by atoms with Crippen LogP contribution in [-0.4, -0.2) is 28.8 Å². The number of amides is 2. The van der Waals surface area contributed by atoms with Gasteiger partial charge in [0.1, 0.15) is 12.1 Å². The highest BCUT2D eigenvalue weighted by atomic mass is 32.1. The number of carbonyl (C=O) groups is 2. The van der Waals surface area contributed by atoms with E-state index in [1.165, 1.54) is 0 Å². The van der Waals surface area contributed by atoms with Crippen LogP contribution in [0.2, 0.25) is 0 Å². The van der Waals surface area contributed by atoms with Crippen molar-refractivity contribution in [3.8, 4) is 0 Å². The number of hydrogen-bond acceptors (Lipinski definition) is 3. The van der Waals surface area contributed by atoms with Gasteiger partial charge in [0.05, 0.1) is 6.54 Å². The topological polar surface area (TPSA) is 49.4 Å². The molecule has 1 aliphatic rings. The molecule has 98 valence electrons. The van der Waals surface area contributed by atoms with Crippen molar-refractivity contribution < 1.29 is 9.59 Å². The molecule has 4 nitrogen and oxygen atoms in total. The van der Waals surface area contributed by atoms with Crippen LogP contribution in [0.3, 0.4) is 0 Å². The van der Waals surface area contributed by atoms with Gasteiger partial charge in [-0.05, 0) is 24.3 Å². The Morgan fingerprint density at radius 2 is 2.17 bits per heavy atom. The number of nitrogens with one attached hydrogen (secondary N) is 1. The first-order valence-corrected chi connectivity index (χ1v) is 7.02. The number of hydrogen-bond donors (Lipinski definition) is 1. The van der Waals surface area contributed by atoms with Crippen LogP contribution < -0.4 is 5.32 Å². The zero-order valence-electron chi connectivity index (χ0n) is 10.8. The van der Waals surface area contributed by atoms with Crippen molar-refractivity contribution in [2.45, 2.75) is 39.4 Å². The predicted octanol–water partition coefficient (Wildman–Crippen LogP) is 1.62. The van der Waals surface area contributed by atoms with Gasteiger partial charge in [0, 0.05) is 4.88 Å². The maximum absolute atomic E-state index is 12.4. The molecule has 0 aliphatic carbocycles. The molecule has 1 aliphatic heterocycles. The van der Waals surface area contributed by atoms with E-state index in [1.807, 2.05) is 31.4 Å². The molecule has 0 saturated carbocycles. The Bertz CT molecular complexity index is 442. The molecule has 1 fully saturated rings. The predicted molar refractivity (Wildman–Crippen MR) is 71.1 cm³/mol. The second-order valence-corrected chi connectivity index (χ2v) is 5.98. The number of nitrogens with zero attached hydrogens (tertiary/aromatic N) is 1. The Kier molecular flexibility index (Phi) is 3.71. The van der Waals surface area contributed by atoms with E-state index in [0.717, 1.165) is 4.88 Å². The standard InChI is InChI=1S/C13H18N2O2S/c1-8(2)11-13(17)15(9(3)12(16)14-11)7-10-5-4-6-18-10/h4-6,8-9,11H,7H2,1-3H3,(H,14,16). The highest BCUT2D eigenvalue weighted by Crippen LogP contribution is 2.20. The summed E-state index contributed by atoms with van der Waals surface area (Å²) in [5.41, 5.74) is 0. The molecule has 18 heavy (non-hydrogen) atoms. The normalized spacial score (nSPS) is 24.6. The van der Waals surface area contributed by atoms with E-state index >= 15 is 0 Å². The maximum atomic E-state index is 12.4. The van der Waals surface area contributed by atoms with Gasteiger partial charge >= 0.3 is 0 Å². The SMILES string of the molecule is CC(C)C1NC(=O)C(C)N(Cc2cccs2)C1=O. The third-order valence-electron chi connectivity index (χ3n) is 3.27.